The molecule has 1 N–H and O–H groups in total. The molecule has 9 heteroatoms. The number of carbonyl (C=O) groups is 1. The second kappa shape index (κ2) is 9.04. The molecule has 0 aliphatic rings. The Morgan fingerprint density at radius 3 is 2.71 bits per heavy atom. The van der Waals surface area contributed by atoms with Gasteiger partial charge in [0, 0.05) is 17.0 Å². The highest BCUT2D eigenvalue weighted by molar-refractivity contribution is 7.20. The topological polar surface area (TPSA) is 83.9 Å². The fourth-order valence-electron chi connectivity index (χ4n) is 3.99. The Balaban J connectivity index is 1.49. The number of aromatic amines is 1. The molecule has 0 aliphatic heterocycles. The fraction of sp³-hybridized carbons (Fsp3) is 0.200. The molecular weight excluding hydrogens is 470 g/mol. The Hall–Kier alpha value is -3.49. The van der Waals surface area contributed by atoms with E-state index in [1.807, 2.05) is 54.9 Å². The molecule has 0 bridgehead atoms. The van der Waals surface area contributed by atoms with Gasteiger partial charge in [-0.05, 0) is 49.7 Å². The zero-order chi connectivity index (χ0) is 23.8. The van der Waals surface area contributed by atoms with Crippen LogP contribution in [-0.2, 0) is 6.54 Å². The number of amides is 1. The summed E-state index contributed by atoms with van der Waals surface area (Å²) < 4.78 is 1.88. The van der Waals surface area contributed by atoms with Gasteiger partial charge in [0.05, 0.1) is 33.7 Å². The van der Waals surface area contributed by atoms with Crippen LogP contribution in [0.1, 0.15) is 34.5 Å². The van der Waals surface area contributed by atoms with Crippen molar-refractivity contribution in [3.63, 3.8) is 0 Å². The normalized spacial score (nSPS) is 11.4. The van der Waals surface area contributed by atoms with Crippen molar-refractivity contribution in [1.29, 1.82) is 0 Å². The summed E-state index contributed by atoms with van der Waals surface area (Å²) in [7, 11) is 0. The Bertz CT molecular complexity index is 1570. The van der Waals surface area contributed by atoms with Gasteiger partial charge in [0.25, 0.3) is 11.5 Å². The van der Waals surface area contributed by atoms with Gasteiger partial charge in [-0.25, -0.2) is 9.67 Å². The highest BCUT2D eigenvalue weighted by Gasteiger charge is 2.22. The SMILES string of the molecule is CCCN(Cc1nc2cc(Cl)ccc2c(=O)[nH]1)C(=O)c1cc2c(C)nn(-c3ccccc3)c2s1. The lowest BCUT2D eigenvalue weighted by Crippen LogP contribution is -2.32. The lowest BCUT2D eigenvalue weighted by atomic mass is 10.2. The molecular formula is C25H22ClN5O2S. The van der Waals surface area contributed by atoms with Gasteiger partial charge in [0.1, 0.15) is 10.7 Å². The van der Waals surface area contributed by atoms with Crippen molar-refractivity contribution in [3.8, 4) is 5.69 Å². The van der Waals surface area contributed by atoms with Crippen LogP contribution in [0, 0.1) is 6.92 Å². The number of hydrogen-bond donors (Lipinski definition) is 1. The third-order valence-electron chi connectivity index (χ3n) is 5.60. The first-order chi connectivity index (χ1) is 16.4. The van der Waals surface area contributed by atoms with E-state index in [0.29, 0.717) is 33.2 Å². The van der Waals surface area contributed by atoms with Crippen LogP contribution >= 0.6 is 22.9 Å². The van der Waals surface area contributed by atoms with E-state index in [1.54, 1.807) is 23.1 Å². The molecule has 172 valence electrons. The van der Waals surface area contributed by atoms with Gasteiger partial charge < -0.3 is 9.88 Å². The Morgan fingerprint density at radius 1 is 1.15 bits per heavy atom. The Morgan fingerprint density at radius 2 is 1.94 bits per heavy atom. The van der Waals surface area contributed by atoms with Gasteiger partial charge >= 0.3 is 0 Å². The minimum absolute atomic E-state index is 0.101. The minimum Gasteiger partial charge on any atom is -0.330 e. The van der Waals surface area contributed by atoms with Gasteiger partial charge in [0.15, 0.2) is 0 Å². The Labute approximate surface area is 204 Å². The number of nitrogens with zero attached hydrogens (tertiary/aromatic N) is 4. The largest absolute Gasteiger partial charge is 0.330 e. The van der Waals surface area contributed by atoms with Crippen LogP contribution < -0.4 is 5.56 Å². The number of thiophene rings is 1. The maximum absolute atomic E-state index is 13.5. The summed E-state index contributed by atoms with van der Waals surface area (Å²) in [6.45, 7) is 4.69. The molecule has 1 amide bonds. The average Bonchev–Trinajstić information content (AvgIpc) is 3.39. The van der Waals surface area contributed by atoms with Crippen LogP contribution in [0.3, 0.4) is 0 Å². The summed E-state index contributed by atoms with van der Waals surface area (Å²) in [6, 6.07) is 16.7. The molecule has 0 radical (unpaired) electrons. The first-order valence-electron chi connectivity index (χ1n) is 11.0. The number of H-pyrrole nitrogens is 1. The van der Waals surface area contributed by atoms with Crippen LogP contribution in [-0.4, -0.2) is 37.1 Å². The van der Waals surface area contributed by atoms with Crippen LogP contribution in [0.2, 0.25) is 5.02 Å². The second-order valence-corrected chi connectivity index (χ2v) is 9.53. The molecule has 2 aromatic carbocycles. The summed E-state index contributed by atoms with van der Waals surface area (Å²) in [5.74, 6) is 0.324. The van der Waals surface area contributed by atoms with Crippen molar-refractivity contribution < 1.29 is 4.79 Å². The van der Waals surface area contributed by atoms with E-state index in [4.69, 9.17) is 11.6 Å². The van der Waals surface area contributed by atoms with Gasteiger partial charge in [-0.15, -0.1) is 11.3 Å². The highest BCUT2D eigenvalue weighted by Crippen LogP contribution is 2.31. The first-order valence-corrected chi connectivity index (χ1v) is 12.2. The number of hydrogen-bond acceptors (Lipinski definition) is 5. The van der Waals surface area contributed by atoms with Crippen molar-refractivity contribution >= 4 is 50.0 Å². The van der Waals surface area contributed by atoms with Gasteiger partial charge in [-0.1, -0.05) is 36.7 Å². The molecule has 34 heavy (non-hydrogen) atoms. The van der Waals surface area contributed by atoms with E-state index in [0.717, 1.165) is 28.0 Å². The van der Waals surface area contributed by atoms with E-state index in [-0.39, 0.29) is 18.0 Å². The van der Waals surface area contributed by atoms with E-state index in [1.165, 1.54) is 11.3 Å². The minimum atomic E-state index is -0.249. The highest BCUT2D eigenvalue weighted by atomic mass is 35.5. The summed E-state index contributed by atoms with van der Waals surface area (Å²) in [5, 5.41) is 6.59. The van der Waals surface area contributed by atoms with Gasteiger partial charge in [-0.3, -0.25) is 9.59 Å². The van der Waals surface area contributed by atoms with Crippen molar-refractivity contribution in [2.45, 2.75) is 26.8 Å². The molecule has 0 saturated carbocycles. The van der Waals surface area contributed by atoms with Crippen LogP contribution in [0.15, 0.2) is 59.4 Å². The van der Waals surface area contributed by atoms with Crippen LogP contribution in [0.25, 0.3) is 26.8 Å². The monoisotopic (exact) mass is 491 g/mol. The first kappa shape index (κ1) is 22.3. The number of para-hydroxylation sites is 1. The van der Waals surface area contributed by atoms with E-state index in [9.17, 15) is 9.59 Å². The molecule has 0 fully saturated rings. The lowest BCUT2D eigenvalue weighted by Gasteiger charge is -2.21. The summed E-state index contributed by atoms with van der Waals surface area (Å²) in [6.07, 6.45) is 0.775. The Kier molecular flexibility index (Phi) is 5.93. The second-order valence-electron chi connectivity index (χ2n) is 8.06. The molecule has 0 unspecified atom stereocenters. The molecule has 0 aliphatic carbocycles. The number of benzene rings is 2. The van der Waals surface area contributed by atoms with Crippen molar-refractivity contribution in [2.24, 2.45) is 0 Å². The third-order valence-corrected chi connectivity index (χ3v) is 6.93. The predicted octanol–water partition coefficient (Wildman–Crippen LogP) is 5.34. The third kappa shape index (κ3) is 4.10. The molecule has 5 rings (SSSR count). The van der Waals surface area contributed by atoms with Crippen LogP contribution in [0.4, 0.5) is 0 Å². The quantitative estimate of drug-likeness (QED) is 0.347. The number of halogens is 1. The lowest BCUT2D eigenvalue weighted by molar-refractivity contribution is 0.0744. The van der Waals surface area contributed by atoms with Gasteiger partial charge in [0.2, 0.25) is 0 Å². The summed E-state index contributed by atoms with van der Waals surface area (Å²) in [5.41, 5.74) is 2.08. The maximum Gasteiger partial charge on any atom is 0.264 e. The van der Waals surface area contributed by atoms with E-state index < -0.39 is 0 Å². The predicted molar refractivity (Wildman–Crippen MR) is 136 cm³/mol. The number of rotatable bonds is 6. The molecule has 3 heterocycles. The smallest absolute Gasteiger partial charge is 0.264 e. The number of aryl methyl sites for hydroxylation is 1. The number of fused-ring (bicyclic) bond motifs is 2. The van der Waals surface area contributed by atoms with E-state index >= 15 is 0 Å². The van der Waals surface area contributed by atoms with Crippen molar-refractivity contribution in [3.05, 3.63) is 86.4 Å². The van der Waals surface area contributed by atoms with E-state index in [2.05, 4.69) is 15.1 Å². The van der Waals surface area contributed by atoms with Crippen molar-refractivity contribution in [2.75, 3.05) is 6.54 Å². The number of carbonyl (C=O) groups excluding carboxylic acids is 1. The fourth-order valence-corrected chi connectivity index (χ4v) is 5.31. The maximum atomic E-state index is 13.5. The average molecular weight is 492 g/mol. The zero-order valence-corrected chi connectivity index (χ0v) is 20.3. The molecule has 0 saturated heterocycles. The molecule has 5 aromatic rings. The summed E-state index contributed by atoms with van der Waals surface area (Å²) >= 11 is 7.50. The molecule has 0 spiro atoms. The number of aromatic nitrogens is 4. The summed E-state index contributed by atoms with van der Waals surface area (Å²) in [4.78, 5) is 36.7. The van der Waals surface area contributed by atoms with Gasteiger partial charge in [-0.2, -0.15) is 5.10 Å². The zero-order valence-electron chi connectivity index (χ0n) is 18.7. The van der Waals surface area contributed by atoms with Crippen molar-refractivity contribution in [1.82, 2.24) is 24.6 Å². The standard InChI is InChI=1S/C25H22ClN5O2S/c1-3-11-30(14-22-27-20-12-16(26)9-10-18(20)23(32)28-22)24(33)21-13-19-15(2)29-31(25(19)34-21)17-7-5-4-6-8-17/h4-10,12-13H,3,11,14H2,1-2H3,(H,27,28,32). The molecule has 3 aromatic heterocycles. The van der Waals surface area contributed by atoms with Crippen LogP contribution in [0.5, 0.6) is 0 Å². The number of nitrogens with one attached hydrogen (secondary N) is 1. The molecule has 0 atom stereocenters. The molecule has 7 nitrogen and oxygen atoms in total.